The summed E-state index contributed by atoms with van der Waals surface area (Å²) in [6.07, 6.45) is 7.39. The van der Waals surface area contributed by atoms with Crippen LogP contribution in [0.3, 0.4) is 0 Å². The van der Waals surface area contributed by atoms with Gasteiger partial charge in [-0.1, -0.05) is 32.9 Å². The van der Waals surface area contributed by atoms with Gasteiger partial charge in [0.05, 0.1) is 0 Å². The van der Waals surface area contributed by atoms with E-state index < -0.39 is 0 Å². The Hall–Kier alpha value is -0.560. The van der Waals surface area contributed by atoms with Crippen molar-refractivity contribution in [3.63, 3.8) is 0 Å². The Kier molecular flexibility index (Phi) is 1.28. The second kappa shape index (κ2) is 1.98. The largest absolute Gasteiger partial charge is 0.361 e. The van der Waals surface area contributed by atoms with Gasteiger partial charge in [-0.05, 0) is 17.1 Å². The summed E-state index contributed by atoms with van der Waals surface area (Å²) in [7, 11) is 0. The second-order valence-corrected chi connectivity index (χ2v) is 4.30. The van der Waals surface area contributed by atoms with Crippen molar-refractivity contribution in [3.05, 3.63) is 23.8 Å². The fourth-order valence-electron chi connectivity index (χ4n) is 1.36. The molecule has 0 aromatic heterocycles. The summed E-state index contributed by atoms with van der Waals surface area (Å²) < 4.78 is 5.34. The van der Waals surface area contributed by atoms with Crippen molar-refractivity contribution in [2.45, 2.75) is 33.0 Å². The van der Waals surface area contributed by atoms with Crippen LogP contribution in [-0.4, -0.2) is 12.2 Å². The smallest absolute Gasteiger partial charge is 0.107 e. The first-order valence-corrected chi connectivity index (χ1v) is 4.13. The molecule has 0 bridgehead atoms. The van der Waals surface area contributed by atoms with Crippen LogP contribution in [0.1, 0.15) is 20.8 Å². The molecule has 1 heteroatoms. The summed E-state index contributed by atoms with van der Waals surface area (Å²) in [4.78, 5) is 0. The fraction of sp³-hybridized carbons (Fsp3) is 0.600. The van der Waals surface area contributed by atoms with Crippen LogP contribution in [0.2, 0.25) is 0 Å². The van der Waals surface area contributed by atoms with Gasteiger partial charge in [-0.3, -0.25) is 0 Å². The van der Waals surface area contributed by atoms with E-state index in [0.717, 1.165) is 0 Å². The third-order valence-corrected chi connectivity index (χ3v) is 2.24. The first-order chi connectivity index (χ1) is 5.07. The minimum atomic E-state index is 0.271. The van der Waals surface area contributed by atoms with Gasteiger partial charge in [0.2, 0.25) is 0 Å². The molecule has 1 aliphatic carbocycles. The second-order valence-electron chi connectivity index (χ2n) is 4.30. The van der Waals surface area contributed by atoms with Crippen molar-refractivity contribution in [2.24, 2.45) is 5.41 Å². The average molecular weight is 150 g/mol. The van der Waals surface area contributed by atoms with E-state index in [2.05, 4.69) is 39.0 Å². The fourth-order valence-corrected chi connectivity index (χ4v) is 1.36. The molecule has 1 fully saturated rings. The van der Waals surface area contributed by atoms with E-state index in [1.165, 1.54) is 5.57 Å². The molecule has 0 spiro atoms. The van der Waals surface area contributed by atoms with Crippen molar-refractivity contribution >= 4 is 0 Å². The molecule has 1 saturated heterocycles. The molecule has 60 valence electrons. The summed E-state index contributed by atoms with van der Waals surface area (Å²) >= 11 is 0. The van der Waals surface area contributed by atoms with Crippen molar-refractivity contribution in [1.82, 2.24) is 0 Å². The third kappa shape index (κ3) is 1.25. The molecule has 0 N–H and O–H groups in total. The van der Waals surface area contributed by atoms with Crippen LogP contribution in [0.4, 0.5) is 0 Å². The van der Waals surface area contributed by atoms with E-state index in [1.54, 1.807) is 0 Å². The zero-order valence-corrected chi connectivity index (χ0v) is 7.29. The average Bonchev–Trinajstić information content (AvgIpc) is 2.60. The monoisotopic (exact) mass is 150 g/mol. The Morgan fingerprint density at radius 1 is 1.27 bits per heavy atom. The Bertz CT molecular complexity index is 230. The molecule has 11 heavy (non-hydrogen) atoms. The molecule has 0 saturated carbocycles. The van der Waals surface area contributed by atoms with Gasteiger partial charge in [0, 0.05) is 0 Å². The lowest BCUT2D eigenvalue weighted by atomic mass is 9.84. The van der Waals surface area contributed by atoms with Gasteiger partial charge in [-0.25, -0.2) is 0 Å². The molecule has 2 aliphatic rings. The van der Waals surface area contributed by atoms with Gasteiger partial charge in [-0.15, -0.1) is 0 Å². The van der Waals surface area contributed by atoms with E-state index in [1.807, 2.05) is 0 Å². The molecular formula is C10H14O. The van der Waals surface area contributed by atoms with Crippen LogP contribution in [0.15, 0.2) is 23.8 Å². The van der Waals surface area contributed by atoms with E-state index in [4.69, 9.17) is 4.74 Å². The number of epoxide rings is 1. The summed E-state index contributed by atoms with van der Waals surface area (Å²) in [6.45, 7) is 6.68. The van der Waals surface area contributed by atoms with Crippen molar-refractivity contribution in [2.75, 3.05) is 0 Å². The molecule has 2 atom stereocenters. The standard InChI is InChI=1S/C10H14O/c1-10(2,3)7-4-5-8-9(6-7)11-8/h4-6,8-9H,1-3H3/t8-,9+/m0/s1. The van der Waals surface area contributed by atoms with Crippen LogP contribution in [0, 0.1) is 5.41 Å². The van der Waals surface area contributed by atoms with Crippen LogP contribution >= 0.6 is 0 Å². The summed E-state index contributed by atoms with van der Waals surface area (Å²) in [5.41, 5.74) is 1.67. The van der Waals surface area contributed by atoms with Crippen LogP contribution in [0.25, 0.3) is 0 Å². The van der Waals surface area contributed by atoms with Gasteiger partial charge in [0.15, 0.2) is 0 Å². The maximum absolute atomic E-state index is 5.34. The highest BCUT2D eigenvalue weighted by atomic mass is 16.6. The molecule has 0 aromatic rings. The number of ether oxygens (including phenoxy) is 1. The third-order valence-electron chi connectivity index (χ3n) is 2.24. The first kappa shape index (κ1) is 7.11. The highest BCUT2D eigenvalue weighted by Crippen LogP contribution is 2.36. The molecule has 0 radical (unpaired) electrons. The molecule has 1 heterocycles. The lowest BCUT2D eigenvalue weighted by Gasteiger charge is -2.21. The van der Waals surface area contributed by atoms with Crippen molar-refractivity contribution in [3.8, 4) is 0 Å². The lowest BCUT2D eigenvalue weighted by molar-refractivity contribution is 0.413. The minimum absolute atomic E-state index is 0.271. The lowest BCUT2D eigenvalue weighted by Crippen LogP contribution is -2.10. The normalized spacial score (nSPS) is 34.6. The SMILES string of the molecule is CC(C)(C)C1=C[C@H]2O[C@H]2C=C1. The molecule has 2 rings (SSSR count). The van der Waals surface area contributed by atoms with Crippen LogP contribution in [-0.2, 0) is 4.74 Å². The predicted molar refractivity (Wildman–Crippen MR) is 45.3 cm³/mol. The molecule has 1 aliphatic heterocycles. The molecular weight excluding hydrogens is 136 g/mol. The maximum Gasteiger partial charge on any atom is 0.107 e. The Labute approximate surface area is 67.7 Å². The topological polar surface area (TPSA) is 12.5 Å². The number of fused-ring (bicyclic) bond motifs is 1. The quantitative estimate of drug-likeness (QED) is 0.483. The van der Waals surface area contributed by atoms with E-state index in [0.29, 0.717) is 12.2 Å². The minimum Gasteiger partial charge on any atom is -0.361 e. The highest BCUT2D eigenvalue weighted by molar-refractivity contribution is 5.35. The van der Waals surface area contributed by atoms with Crippen molar-refractivity contribution < 1.29 is 4.74 Å². The molecule has 0 amide bonds. The summed E-state index contributed by atoms with van der Waals surface area (Å²) in [5.74, 6) is 0. The molecule has 0 unspecified atom stereocenters. The summed E-state index contributed by atoms with van der Waals surface area (Å²) in [5, 5.41) is 0. The van der Waals surface area contributed by atoms with Crippen LogP contribution in [0.5, 0.6) is 0 Å². The van der Waals surface area contributed by atoms with Gasteiger partial charge < -0.3 is 4.74 Å². The number of hydrogen-bond donors (Lipinski definition) is 0. The van der Waals surface area contributed by atoms with Gasteiger partial charge in [0.1, 0.15) is 12.2 Å². The predicted octanol–water partition coefficient (Wildman–Crippen LogP) is 2.30. The Balaban J connectivity index is 2.21. The van der Waals surface area contributed by atoms with Gasteiger partial charge in [0.25, 0.3) is 0 Å². The maximum atomic E-state index is 5.34. The van der Waals surface area contributed by atoms with E-state index >= 15 is 0 Å². The number of allylic oxidation sites excluding steroid dienone is 2. The summed E-state index contributed by atoms with van der Waals surface area (Å²) in [6, 6.07) is 0. The molecule has 0 aromatic carbocycles. The number of rotatable bonds is 0. The van der Waals surface area contributed by atoms with E-state index in [-0.39, 0.29) is 5.41 Å². The first-order valence-electron chi connectivity index (χ1n) is 4.13. The molecule has 1 nitrogen and oxygen atoms in total. The van der Waals surface area contributed by atoms with Gasteiger partial charge in [-0.2, -0.15) is 0 Å². The zero-order chi connectivity index (χ0) is 8.06. The van der Waals surface area contributed by atoms with Crippen LogP contribution < -0.4 is 0 Å². The van der Waals surface area contributed by atoms with Gasteiger partial charge >= 0.3 is 0 Å². The van der Waals surface area contributed by atoms with Crippen molar-refractivity contribution in [1.29, 1.82) is 0 Å². The Morgan fingerprint density at radius 2 is 2.00 bits per heavy atom. The zero-order valence-electron chi connectivity index (χ0n) is 7.29. The number of hydrogen-bond acceptors (Lipinski definition) is 1. The van der Waals surface area contributed by atoms with E-state index in [9.17, 15) is 0 Å². The Morgan fingerprint density at radius 3 is 2.55 bits per heavy atom. The highest BCUT2D eigenvalue weighted by Gasteiger charge is 2.38.